The maximum atomic E-state index is 11.5. The van der Waals surface area contributed by atoms with Crippen LogP contribution in [0.4, 0.5) is 4.79 Å². The standard InChI is InChI=1S/C12H24N4O2/c1-12(2,3)18-11(17)15-7-9-5-4-6-16(8-9)10(13)14/h9H,4-8H2,1-3H3,(H3,13,14)(H,15,17)/t9-/m1/s1. The highest BCUT2D eigenvalue weighted by atomic mass is 16.6. The molecule has 6 heteroatoms. The van der Waals surface area contributed by atoms with Gasteiger partial charge in [0.15, 0.2) is 5.96 Å². The first-order valence-electron chi connectivity index (χ1n) is 6.34. The SMILES string of the molecule is CC(C)(C)OC(=O)NC[C@H]1CCCN(C(=N)N)C1. The molecule has 0 aromatic carbocycles. The molecule has 0 bridgehead atoms. The van der Waals surface area contributed by atoms with Gasteiger partial charge >= 0.3 is 6.09 Å². The fourth-order valence-corrected chi connectivity index (χ4v) is 1.99. The smallest absolute Gasteiger partial charge is 0.407 e. The molecule has 4 N–H and O–H groups in total. The van der Waals surface area contributed by atoms with Gasteiger partial charge < -0.3 is 20.7 Å². The molecule has 1 aliphatic heterocycles. The third-order valence-electron chi connectivity index (χ3n) is 2.79. The van der Waals surface area contributed by atoms with E-state index < -0.39 is 5.60 Å². The normalized spacial score (nSPS) is 20.4. The third-order valence-corrected chi connectivity index (χ3v) is 2.79. The van der Waals surface area contributed by atoms with E-state index in [-0.39, 0.29) is 12.1 Å². The summed E-state index contributed by atoms with van der Waals surface area (Å²) in [6.45, 7) is 7.64. The first-order valence-corrected chi connectivity index (χ1v) is 6.34. The maximum absolute atomic E-state index is 11.5. The molecule has 0 aliphatic carbocycles. The van der Waals surface area contributed by atoms with Crippen LogP contribution >= 0.6 is 0 Å². The Labute approximate surface area is 108 Å². The van der Waals surface area contributed by atoms with Gasteiger partial charge in [0.2, 0.25) is 0 Å². The van der Waals surface area contributed by atoms with Crippen LogP contribution in [0.5, 0.6) is 0 Å². The van der Waals surface area contributed by atoms with Crippen LogP contribution in [-0.2, 0) is 4.74 Å². The molecule has 6 nitrogen and oxygen atoms in total. The summed E-state index contributed by atoms with van der Waals surface area (Å²) in [6.07, 6.45) is 1.65. The summed E-state index contributed by atoms with van der Waals surface area (Å²) >= 11 is 0. The number of alkyl carbamates (subject to hydrolysis) is 1. The Kier molecular flexibility index (Phi) is 4.81. The zero-order chi connectivity index (χ0) is 13.8. The lowest BCUT2D eigenvalue weighted by atomic mass is 9.98. The van der Waals surface area contributed by atoms with Crippen LogP contribution in [0.1, 0.15) is 33.6 Å². The lowest BCUT2D eigenvalue weighted by Gasteiger charge is -2.33. The van der Waals surface area contributed by atoms with Gasteiger partial charge in [0, 0.05) is 19.6 Å². The first-order chi connectivity index (χ1) is 8.28. The van der Waals surface area contributed by atoms with E-state index in [9.17, 15) is 4.79 Å². The second-order valence-electron chi connectivity index (χ2n) is 5.72. The van der Waals surface area contributed by atoms with Crippen molar-refractivity contribution in [2.75, 3.05) is 19.6 Å². The highest BCUT2D eigenvalue weighted by molar-refractivity contribution is 5.74. The van der Waals surface area contributed by atoms with Crippen molar-refractivity contribution >= 4 is 12.1 Å². The average molecular weight is 256 g/mol. The number of nitrogens with one attached hydrogen (secondary N) is 2. The number of nitrogens with two attached hydrogens (primary N) is 1. The number of carbonyl (C=O) groups excluding carboxylic acids is 1. The summed E-state index contributed by atoms with van der Waals surface area (Å²) in [7, 11) is 0. The Morgan fingerprint density at radius 1 is 1.56 bits per heavy atom. The highest BCUT2D eigenvalue weighted by Crippen LogP contribution is 2.15. The molecular formula is C12H24N4O2. The second kappa shape index (κ2) is 5.93. The monoisotopic (exact) mass is 256 g/mol. The molecule has 0 radical (unpaired) electrons. The van der Waals surface area contributed by atoms with E-state index in [4.69, 9.17) is 15.9 Å². The Balaban J connectivity index is 2.31. The number of hydrogen-bond donors (Lipinski definition) is 3. The predicted octanol–water partition coefficient (Wildman–Crippen LogP) is 1.12. The van der Waals surface area contributed by atoms with Crippen molar-refractivity contribution < 1.29 is 9.53 Å². The van der Waals surface area contributed by atoms with Crippen molar-refractivity contribution in [1.29, 1.82) is 5.41 Å². The Hall–Kier alpha value is -1.46. The average Bonchev–Trinajstić information content (AvgIpc) is 2.24. The fourth-order valence-electron chi connectivity index (χ4n) is 1.99. The molecule has 1 saturated heterocycles. The van der Waals surface area contributed by atoms with E-state index in [2.05, 4.69) is 5.32 Å². The van der Waals surface area contributed by atoms with E-state index in [1.807, 2.05) is 25.7 Å². The van der Waals surface area contributed by atoms with Crippen molar-refractivity contribution in [1.82, 2.24) is 10.2 Å². The molecule has 1 atom stereocenters. The molecular weight excluding hydrogens is 232 g/mol. The molecule has 1 aliphatic rings. The maximum Gasteiger partial charge on any atom is 0.407 e. The fraction of sp³-hybridized carbons (Fsp3) is 0.833. The lowest BCUT2D eigenvalue weighted by molar-refractivity contribution is 0.0513. The van der Waals surface area contributed by atoms with Gasteiger partial charge in [-0.25, -0.2) is 4.79 Å². The van der Waals surface area contributed by atoms with E-state index in [0.717, 1.165) is 25.9 Å². The number of piperidine rings is 1. The van der Waals surface area contributed by atoms with Crippen LogP contribution < -0.4 is 11.1 Å². The van der Waals surface area contributed by atoms with E-state index >= 15 is 0 Å². The zero-order valence-electron chi connectivity index (χ0n) is 11.5. The Morgan fingerprint density at radius 2 is 2.22 bits per heavy atom. The van der Waals surface area contributed by atoms with Crippen LogP contribution in [0.25, 0.3) is 0 Å². The van der Waals surface area contributed by atoms with Gasteiger partial charge in [0.25, 0.3) is 0 Å². The number of guanidine groups is 1. The molecule has 0 unspecified atom stereocenters. The van der Waals surface area contributed by atoms with Crippen molar-refractivity contribution in [3.63, 3.8) is 0 Å². The van der Waals surface area contributed by atoms with Crippen LogP contribution in [0.2, 0.25) is 0 Å². The van der Waals surface area contributed by atoms with E-state index in [1.54, 1.807) is 0 Å². The van der Waals surface area contributed by atoms with Crippen LogP contribution in [0.15, 0.2) is 0 Å². The zero-order valence-corrected chi connectivity index (χ0v) is 11.5. The summed E-state index contributed by atoms with van der Waals surface area (Å²) in [5.74, 6) is 0.437. The quantitative estimate of drug-likeness (QED) is 0.510. The number of rotatable bonds is 2. The summed E-state index contributed by atoms with van der Waals surface area (Å²) in [5, 5.41) is 10.2. The number of likely N-dealkylation sites (tertiary alicyclic amines) is 1. The summed E-state index contributed by atoms with van der Waals surface area (Å²) < 4.78 is 5.17. The minimum Gasteiger partial charge on any atom is -0.444 e. The third kappa shape index (κ3) is 5.25. The highest BCUT2D eigenvalue weighted by Gasteiger charge is 2.22. The molecule has 104 valence electrons. The van der Waals surface area contributed by atoms with Gasteiger partial charge in [-0.1, -0.05) is 0 Å². The van der Waals surface area contributed by atoms with Crippen LogP contribution in [0, 0.1) is 11.3 Å². The number of hydrogen-bond acceptors (Lipinski definition) is 3. The van der Waals surface area contributed by atoms with Crippen molar-refractivity contribution in [3.8, 4) is 0 Å². The number of amides is 1. The first kappa shape index (κ1) is 14.6. The van der Waals surface area contributed by atoms with Crippen molar-refractivity contribution in [2.24, 2.45) is 11.7 Å². The Bertz CT molecular complexity index is 312. The molecule has 1 heterocycles. The van der Waals surface area contributed by atoms with E-state index in [0.29, 0.717) is 12.5 Å². The molecule has 1 amide bonds. The van der Waals surface area contributed by atoms with Gasteiger partial charge in [0.05, 0.1) is 0 Å². The molecule has 1 rings (SSSR count). The largest absolute Gasteiger partial charge is 0.444 e. The van der Waals surface area contributed by atoms with E-state index in [1.165, 1.54) is 0 Å². The number of ether oxygens (including phenoxy) is 1. The molecule has 0 spiro atoms. The van der Waals surface area contributed by atoms with Crippen LogP contribution in [0.3, 0.4) is 0 Å². The molecule has 18 heavy (non-hydrogen) atoms. The molecule has 1 fully saturated rings. The molecule has 0 aromatic rings. The number of carbonyl (C=O) groups is 1. The van der Waals surface area contributed by atoms with Crippen LogP contribution in [-0.4, -0.2) is 42.2 Å². The lowest BCUT2D eigenvalue weighted by Crippen LogP contribution is -2.46. The van der Waals surface area contributed by atoms with Gasteiger partial charge in [-0.05, 0) is 39.5 Å². The molecule has 0 aromatic heterocycles. The Morgan fingerprint density at radius 3 is 2.78 bits per heavy atom. The van der Waals surface area contributed by atoms with Gasteiger partial charge in [-0.2, -0.15) is 0 Å². The van der Waals surface area contributed by atoms with Gasteiger partial charge in [0.1, 0.15) is 5.60 Å². The second-order valence-corrected chi connectivity index (χ2v) is 5.72. The summed E-state index contributed by atoms with van der Waals surface area (Å²) in [5.41, 5.74) is 5.00. The van der Waals surface area contributed by atoms with Gasteiger partial charge in [-0.3, -0.25) is 5.41 Å². The summed E-state index contributed by atoms with van der Waals surface area (Å²) in [6, 6.07) is 0. The molecule has 0 saturated carbocycles. The van der Waals surface area contributed by atoms with Crippen molar-refractivity contribution in [2.45, 2.75) is 39.2 Å². The van der Waals surface area contributed by atoms with Gasteiger partial charge in [-0.15, -0.1) is 0 Å². The minimum absolute atomic E-state index is 0.108. The predicted molar refractivity (Wildman–Crippen MR) is 70.4 cm³/mol. The minimum atomic E-state index is -0.470. The van der Waals surface area contributed by atoms with Crippen molar-refractivity contribution in [3.05, 3.63) is 0 Å². The summed E-state index contributed by atoms with van der Waals surface area (Å²) in [4.78, 5) is 13.3. The topological polar surface area (TPSA) is 91.4 Å². The number of nitrogens with zero attached hydrogens (tertiary/aromatic N) is 1.